The van der Waals surface area contributed by atoms with E-state index in [-0.39, 0.29) is 0 Å². The van der Waals surface area contributed by atoms with Gasteiger partial charge in [-0.05, 0) is 24.7 Å². The summed E-state index contributed by atoms with van der Waals surface area (Å²) in [5.41, 5.74) is 0. The second-order valence-corrected chi connectivity index (χ2v) is 9.23. The van der Waals surface area contributed by atoms with Gasteiger partial charge in [-0.15, -0.1) is 11.8 Å². The van der Waals surface area contributed by atoms with E-state index in [4.69, 9.17) is 0 Å². The summed E-state index contributed by atoms with van der Waals surface area (Å²) < 4.78 is 0.819. The zero-order chi connectivity index (χ0) is 12.3. The number of hydrogen-bond acceptors (Lipinski definition) is 1. The molecule has 15 heavy (non-hydrogen) atoms. The van der Waals surface area contributed by atoms with Crippen molar-refractivity contribution in [3.8, 4) is 0 Å². The van der Waals surface area contributed by atoms with E-state index in [1.54, 1.807) is 0 Å². The predicted octanol–water partition coefficient (Wildman–Crippen LogP) is 5.37. The van der Waals surface area contributed by atoms with Crippen molar-refractivity contribution in [3.05, 3.63) is 0 Å². The second-order valence-electron chi connectivity index (χ2n) is 6.82. The van der Waals surface area contributed by atoms with Gasteiger partial charge in [0.05, 0.1) is 0 Å². The third-order valence-corrected chi connectivity index (χ3v) is 3.79. The van der Waals surface area contributed by atoms with Gasteiger partial charge in [-0.25, -0.2) is 0 Å². The molecule has 92 valence electrons. The van der Waals surface area contributed by atoms with Gasteiger partial charge in [0.2, 0.25) is 0 Å². The fraction of sp³-hybridized carbons (Fsp3) is 1.00. The normalized spacial score (nSPS) is 14.0. The molecule has 0 spiro atoms. The summed E-state index contributed by atoms with van der Waals surface area (Å²) in [6, 6.07) is 0. The maximum absolute atomic E-state index is 2.39. The van der Waals surface area contributed by atoms with E-state index in [1.807, 2.05) is 0 Å². The molecule has 0 radical (unpaired) electrons. The lowest BCUT2D eigenvalue weighted by atomic mass is 9.99. The first-order chi connectivity index (χ1) is 6.54. The monoisotopic (exact) mass is 230 g/mol. The van der Waals surface area contributed by atoms with Crippen LogP contribution >= 0.6 is 11.8 Å². The molecule has 0 aromatic rings. The SMILES string of the molecule is CC(C)CC(C)(C)SC(C)(C)CC(C)C. The van der Waals surface area contributed by atoms with Crippen molar-refractivity contribution in [2.45, 2.75) is 77.7 Å². The van der Waals surface area contributed by atoms with Crippen LogP contribution in [0.1, 0.15) is 68.2 Å². The zero-order valence-corrected chi connectivity index (χ0v) is 12.8. The molecule has 1 heteroatoms. The predicted molar refractivity (Wildman–Crippen MR) is 74.7 cm³/mol. The maximum Gasteiger partial charge on any atom is 0.0111 e. The van der Waals surface area contributed by atoms with E-state index < -0.39 is 0 Å². The molecule has 0 bridgehead atoms. The number of hydrogen-bond donors (Lipinski definition) is 0. The minimum absolute atomic E-state index is 0.409. The minimum atomic E-state index is 0.409. The van der Waals surface area contributed by atoms with Gasteiger partial charge in [-0.3, -0.25) is 0 Å². The average molecular weight is 230 g/mol. The molecule has 0 aromatic heterocycles. The molecule has 0 rings (SSSR count). The molecular weight excluding hydrogens is 200 g/mol. The molecule has 0 atom stereocenters. The van der Waals surface area contributed by atoms with Crippen molar-refractivity contribution in [3.63, 3.8) is 0 Å². The molecule has 0 aromatic carbocycles. The summed E-state index contributed by atoms with van der Waals surface area (Å²) in [5, 5.41) is 0. The van der Waals surface area contributed by atoms with Crippen molar-refractivity contribution in [2.24, 2.45) is 11.8 Å². The van der Waals surface area contributed by atoms with E-state index in [9.17, 15) is 0 Å². The summed E-state index contributed by atoms with van der Waals surface area (Å²) in [6.45, 7) is 18.8. The van der Waals surface area contributed by atoms with E-state index in [1.165, 1.54) is 12.8 Å². The Hall–Kier alpha value is 0.350. The summed E-state index contributed by atoms with van der Waals surface area (Å²) in [7, 11) is 0. The quantitative estimate of drug-likeness (QED) is 0.591. The number of rotatable bonds is 6. The number of thioether (sulfide) groups is 1. The van der Waals surface area contributed by atoms with Crippen LogP contribution in [0, 0.1) is 11.8 Å². The largest absolute Gasteiger partial charge is 0.149 e. The first-order valence-electron chi connectivity index (χ1n) is 6.24. The van der Waals surface area contributed by atoms with Gasteiger partial charge in [0.15, 0.2) is 0 Å². The lowest BCUT2D eigenvalue weighted by Crippen LogP contribution is -2.28. The van der Waals surface area contributed by atoms with Gasteiger partial charge in [-0.1, -0.05) is 55.4 Å². The van der Waals surface area contributed by atoms with Crippen molar-refractivity contribution in [2.75, 3.05) is 0 Å². The Morgan fingerprint density at radius 3 is 1.20 bits per heavy atom. The van der Waals surface area contributed by atoms with Crippen molar-refractivity contribution < 1.29 is 0 Å². The highest BCUT2D eigenvalue weighted by atomic mass is 32.2. The van der Waals surface area contributed by atoms with Crippen molar-refractivity contribution in [1.29, 1.82) is 0 Å². The Morgan fingerprint density at radius 1 is 0.733 bits per heavy atom. The van der Waals surface area contributed by atoms with Gasteiger partial charge in [0, 0.05) is 9.49 Å². The van der Waals surface area contributed by atoms with Gasteiger partial charge in [0.1, 0.15) is 0 Å². The third kappa shape index (κ3) is 8.19. The van der Waals surface area contributed by atoms with E-state index in [0.29, 0.717) is 9.49 Å². The van der Waals surface area contributed by atoms with Crippen LogP contribution in [0.3, 0.4) is 0 Å². The van der Waals surface area contributed by atoms with Crippen LogP contribution in [-0.4, -0.2) is 9.49 Å². The summed E-state index contributed by atoms with van der Waals surface area (Å²) in [6.07, 6.45) is 2.61. The van der Waals surface area contributed by atoms with E-state index in [2.05, 4.69) is 67.2 Å². The van der Waals surface area contributed by atoms with Gasteiger partial charge >= 0.3 is 0 Å². The molecule has 0 N–H and O–H groups in total. The summed E-state index contributed by atoms with van der Waals surface area (Å²) in [5.74, 6) is 1.59. The Kier molecular flexibility index (Phi) is 5.74. The molecule has 0 aliphatic carbocycles. The van der Waals surface area contributed by atoms with E-state index >= 15 is 0 Å². The van der Waals surface area contributed by atoms with Crippen LogP contribution in [0.5, 0.6) is 0 Å². The minimum Gasteiger partial charge on any atom is -0.149 e. The lowest BCUT2D eigenvalue weighted by molar-refractivity contribution is 0.474. The van der Waals surface area contributed by atoms with Gasteiger partial charge in [-0.2, -0.15) is 0 Å². The summed E-state index contributed by atoms with van der Waals surface area (Å²) >= 11 is 2.16. The molecule has 0 saturated carbocycles. The zero-order valence-electron chi connectivity index (χ0n) is 12.0. The fourth-order valence-corrected chi connectivity index (χ4v) is 5.13. The van der Waals surface area contributed by atoms with Crippen LogP contribution in [-0.2, 0) is 0 Å². The van der Waals surface area contributed by atoms with Gasteiger partial charge in [0.25, 0.3) is 0 Å². The van der Waals surface area contributed by atoms with E-state index in [0.717, 1.165) is 11.8 Å². The topological polar surface area (TPSA) is 0 Å². The van der Waals surface area contributed by atoms with Crippen LogP contribution in [0.15, 0.2) is 0 Å². The fourth-order valence-electron chi connectivity index (χ4n) is 2.80. The molecule has 0 heterocycles. The highest BCUT2D eigenvalue weighted by Gasteiger charge is 2.30. The van der Waals surface area contributed by atoms with Crippen molar-refractivity contribution >= 4 is 11.8 Å². The Labute approximate surface area is 102 Å². The van der Waals surface area contributed by atoms with Gasteiger partial charge < -0.3 is 0 Å². The van der Waals surface area contributed by atoms with Crippen molar-refractivity contribution in [1.82, 2.24) is 0 Å². The Balaban J connectivity index is 4.29. The Bertz CT molecular complexity index is 158. The second kappa shape index (κ2) is 5.61. The standard InChI is InChI=1S/C14H30S/c1-11(2)9-13(5,6)15-14(7,8)10-12(3)4/h11-12H,9-10H2,1-8H3. The molecule has 0 amide bonds. The lowest BCUT2D eigenvalue weighted by Gasteiger charge is -2.36. The molecule has 0 unspecified atom stereocenters. The third-order valence-electron chi connectivity index (χ3n) is 2.35. The molecular formula is C14H30S. The first-order valence-corrected chi connectivity index (χ1v) is 7.06. The Morgan fingerprint density at radius 2 is 1.00 bits per heavy atom. The smallest absolute Gasteiger partial charge is 0.0111 e. The molecule has 0 aliphatic rings. The van der Waals surface area contributed by atoms with Crippen LogP contribution in [0.4, 0.5) is 0 Å². The van der Waals surface area contributed by atoms with Crippen LogP contribution in [0.2, 0.25) is 0 Å². The highest BCUT2D eigenvalue weighted by molar-refractivity contribution is 8.01. The average Bonchev–Trinajstić information content (AvgIpc) is 1.73. The van der Waals surface area contributed by atoms with Crippen LogP contribution < -0.4 is 0 Å². The van der Waals surface area contributed by atoms with Crippen LogP contribution in [0.25, 0.3) is 0 Å². The first kappa shape index (κ1) is 15.3. The maximum atomic E-state index is 2.39. The molecule has 0 saturated heterocycles. The summed E-state index contributed by atoms with van der Waals surface area (Å²) in [4.78, 5) is 0. The highest BCUT2D eigenvalue weighted by Crippen LogP contribution is 2.43. The molecule has 0 nitrogen and oxygen atoms in total. The molecule has 0 aliphatic heterocycles. The molecule has 0 fully saturated rings.